The zero-order valence-electron chi connectivity index (χ0n) is 13.8. The van der Waals surface area contributed by atoms with Crippen LogP contribution >= 0.6 is 0 Å². The summed E-state index contributed by atoms with van der Waals surface area (Å²) in [7, 11) is 1.94. The molecule has 1 aliphatic rings. The summed E-state index contributed by atoms with van der Waals surface area (Å²) in [5.41, 5.74) is 1.01. The predicted octanol–water partition coefficient (Wildman–Crippen LogP) is 2.53. The molecular weight excluding hydrogens is 311 g/mol. The van der Waals surface area contributed by atoms with Gasteiger partial charge in [-0.3, -0.25) is 4.79 Å². The van der Waals surface area contributed by atoms with Gasteiger partial charge in [0.05, 0.1) is 19.3 Å². The molecule has 0 saturated carbocycles. The van der Waals surface area contributed by atoms with Crippen LogP contribution in [0.1, 0.15) is 18.7 Å². The van der Waals surface area contributed by atoms with Crippen molar-refractivity contribution in [2.24, 2.45) is 7.05 Å². The normalized spacial score (nSPS) is 19.1. The van der Waals surface area contributed by atoms with Gasteiger partial charge in [0.15, 0.2) is 6.10 Å². The molecule has 128 valence electrons. The lowest BCUT2D eigenvalue weighted by molar-refractivity contribution is -0.147. The second-order valence-corrected chi connectivity index (χ2v) is 5.88. The fourth-order valence-electron chi connectivity index (χ4n) is 2.96. The number of hydrogen-bond donors (Lipinski definition) is 0. The molecule has 6 heteroatoms. The first-order valence-electron chi connectivity index (χ1n) is 7.98. The molecule has 2 atom stereocenters. The fourth-order valence-corrected chi connectivity index (χ4v) is 2.96. The van der Waals surface area contributed by atoms with E-state index in [1.54, 1.807) is 24.0 Å². The number of rotatable bonds is 4. The van der Waals surface area contributed by atoms with Gasteiger partial charge in [-0.05, 0) is 31.2 Å². The number of hydrogen-bond acceptors (Lipinski definition) is 3. The maximum absolute atomic E-state index is 13.3. The van der Waals surface area contributed by atoms with Gasteiger partial charge >= 0.3 is 0 Å². The quantitative estimate of drug-likeness (QED) is 0.864. The summed E-state index contributed by atoms with van der Waals surface area (Å²) < 4.78 is 26.4. The van der Waals surface area contributed by atoms with Gasteiger partial charge in [0.25, 0.3) is 5.91 Å². The molecule has 1 aromatic heterocycles. The Morgan fingerprint density at radius 2 is 2.21 bits per heavy atom. The van der Waals surface area contributed by atoms with E-state index in [4.69, 9.17) is 9.47 Å². The Balaban J connectivity index is 1.75. The number of ether oxygens (including phenoxy) is 2. The molecular formula is C18H21FN2O3. The van der Waals surface area contributed by atoms with Crippen LogP contribution in [-0.2, 0) is 16.6 Å². The largest absolute Gasteiger partial charge is 0.481 e. The SMILES string of the molecule is C[C@@H](Oc1cccc(F)c1)C(=O)N1CCOC[C@H]1c1cccn1C. The van der Waals surface area contributed by atoms with Crippen molar-refractivity contribution in [2.75, 3.05) is 19.8 Å². The topological polar surface area (TPSA) is 43.7 Å². The van der Waals surface area contributed by atoms with E-state index in [1.807, 2.05) is 29.9 Å². The molecule has 1 amide bonds. The van der Waals surface area contributed by atoms with Crippen LogP contribution in [0.3, 0.4) is 0 Å². The summed E-state index contributed by atoms with van der Waals surface area (Å²) in [4.78, 5) is 14.6. The van der Waals surface area contributed by atoms with Crippen molar-refractivity contribution < 1.29 is 18.7 Å². The number of carbonyl (C=O) groups is 1. The van der Waals surface area contributed by atoms with E-state index >= 15 is 0 Å². The van der Waals surface area contributed by atoms with Crippen molar-refractivity contribution in [2.45, 2.75) is 19.1 Å². The Morgan fingerprint density at radius 1 is 1.38 bits per heavy atom. The van der Waals surface area contributed by atoms with Crippen molar-refractivity contribution in [3.63, 3.8) is 0 Å². The van der Waals surface area contributed by atoms with Gasteiger partial charge in [-0.2, -0.15) is 0 Å². The monoisotopic (exact) mass is 332 g/mol. The van der Waals surface area contributed by atoms with Crippen LogP contribution in [-0.4, -0.2) is 41.2 Å². The fraction of sp³-hybridized carbons (Fsp3) is 0.389. The smallest absolute Gasteiger partial charge is 0.264 e. The Morgan fingerprint density at radius 3 is 2.92 bits per heavy atom. The third-order valence-electron chi connectivity index (χ3n) is 4.19. The van der Waals surface area contributed by atoms with E-state index in [-0.39, 0.29) is 17.8 Å². The molecule has 0 bridgehead atoms. The van der Waals surface area contributed by atoms with Gasteiger partial charge in [0, 0.05) is 31.5 Å². The average Bonchev–Trinajstić information content (AvgIpc) is 3.00. The van der Waals surface area contributed by atoms with Crippen molar-refractivity contribution in [3.8, 4) is 5.75 Å². The molecule has 2 aromatic rings. The highest BCUT2D eigenvalue weighted by molar-refractivity contribution is 5.81. The summed E-state index contributed by atoms with van der Waals surface area (Å²) in [6.45, 7) is 3.14. The second kappa shape index (κ2) is 7.05. The minimum atomic E-state index is -0.701. The van der Waals surface area contributed by atoms with Gasteiger partial charge in [-0.1, -0.05) is 6.07 Å². The standard InChI is InChI=1S/C18H21FN2O3/c1-13(24-15-6-3-5-14(19)11-15)18(22)21-9-10-23-12-17(21)16-7-4-8-20(16)2/h3-8,11,13,17H,9-10,12H2,1-2H3/t13-,17+/m1/s1. The van der Waals surface area contributed by atoms with Gasteiger partial charge in [0.2, 0.25) is 0 Å². The first-order chi connectivity index (χ1) is 11.6. The lowest BCUT2D eigenvalue weighted by atomic mass is 10.1. The van der Waals surface area contributed by atoms with E-state index in [1.165, 1.54) is 12.1 Å². The van der Waals surface area contributed by atoms with Crippen LogP contribution < -0.4 is 4.74 Å². The van der Waals surface area contributed by atoms with E-state index in [0.29, 0.717) is 25.5 Å². The molecule has 0 N–H and O–H groups in total. The van der Waals surface area contributed by atoms with Crippen LogP contribution in [0.25, 0.3) is 0 Å². The molecule has 1 aliphatic heterocycles. The summed E-state index contributed by atoms with van der Waals surface area (Å²) in [5, 5.41) is 0. The Hall–Kier alpha value is -2.34. The number of aryl methyl sites for hydroxylation is 1. The highest BCUT2D eigenvalue weighted by Gasteiger charge is 2.33. The van der Waals surface area contributed by atoms with Gasteiger partial charge in [0.1, 0.15) is 11.6 Å². The second-order valence-electron chi connectivity index (χ2n) is 5.88. The third-order valence-corrected chi connectivity index (χ3v) is 4.19. The van der Waals surface area contributed by atoms with Crippen LogP contribution in [0.4, 0.5) is 4.39 Å². The maximum Gasteiger partial charge on any atom is 0.264 e. The summed E-state index contributed by atoms with van der Waals surface area (Å²) in [6, 6.07) is 9.59. The first-order valence-corrected chi connectivity index (χ1v) is 7.98. The van der Waals surface area contributed by atoms with Gasteiger partial charge in [-0.15, -0.1) is 0 Å². The van der Waals surface area contributed by atoms with Crippen molar-refractivity contribution >= 4 is 5.91 Å². The molecule has 2 heterocycles. The molecule has 0 aliphatic carbocycles. The lowest BCUT2D eigenvalue weighted by Gasteiger charge is -2.37. The highest BCUT2D eigenvalue weighted by Crippen LogP contribution is 2.26. The Kier molecular flexibility index (Phi) is 4.85. The Bertz CT molecular complexity index is 716. The highest BCUT2D eigenvalue weighted by atomic mass is 19.1. The van der Waals surface area contributed by atoms with Crippen molar-refractivity contribution in [3.05, 3.63) is 54.1 Å². The number of halogens is 1. The summed E-state index contributed by atoms with van der Waals surface area (Å²) in [5.74, 6) is -0.173. The molecule has 1 fully saturated rings. The predicted molar refractivity (Wildman–Crippen MR) is 87.2 cm³/mol. The zero-order chi connectivity index (χ0) is 17.1. The van der Waals surface area contributed by atoms with Gasteiger partial charge in [-0.25, -0.2) is 4.39 Å². The molecule has 5 nitrogen and oxygen atoms in total. The minimum Gasteiger partial charge on any atom is -0.481 e. The number of aromatic nitrogens is 1. The zero-order valence-corrected chi connectivity index (χ0v) is 13.8. The average molecular weight is 332 g/mol. The van der Waals surface area contributed by atoms with Crippen molar-refractivity contribution in [1.29, 1.82) is 0 Å². The molecule has 24 heavy (non-hydrogen) atoms. The number of nitrogens with zero attached hydrogens (tertiary/aromatic N) is 2. The van der Waals surface area contributed by atoms with Crippen LogP contribution in [0.5, 0.6) is 5.75 Å². The molecule has 0 radical (unpaired) electrons. The maximum atomic E-state index is 13.3. The summed E-state index contributed by atoms with van der Waals surface area (Å²) >= 11 is 0. The van der Waals surface area contributed by atoms with Crippen LogP contribution in [0.15, 0.2) is 42.6 Å². The van der Waals surface area contributed by atoms with Crippen LogP contribution in [0.2, 0.25) is 0 Å². The molecule has 3 rings (SSSR count). The third kappa shape index (κ3) is 3.43. The van der Waals surface area contributed by atoms with E-state index in [9.17, 15) is 9.18 Å². The number of morpholine rings is 1. The van der Waals surface area contributed by atoms with Gasteiger partial charge < -0.3 is 18.9 Å². The van der Waals surface area contributed by atoms with E-state index in [0.717, 1.165) is 5.69 Å². The minimum absolute atomic E-state index is 0.131. The molecule has 1 saturated heterocycles. The number of amides is 1. The summed E-state index contributed by atoms with van der Waals surface area (Å²) in [6.07, 6.45) is 1.24. The Labute approximate surface area is 140 Å². The number of carbonyl (C=O) groups excluding carboxylic acids is 1. The molecule has 0 spiro atoms. The molecule has 1 aromatic carbocycles. The first kappa shape index (κ1) is 16.5. The molecule has 0 unspecified atom stereocenters. The van der Waals surface area contributed by atoms with E-state index < -0.39 is 6.10 Å². The lowest BCUT2D eigenvalue weighted by Crippen LogP contribution is -2.48. The number of benzene rings is 1. The van der Waals surface area contributed by atoms with E-state index in [2.05, 4.69) is 0 Å². The van der Waals surface area contributed by atoms with Crippen molar-refractivity contribution in [1.82, 2.24) is 9.47 Å². The van der Waals surface area contributed by atoms with Crippen LogP contribution in [0, 0.1) is 5.82 Å².